The Bertz CT molecular complexity index is 835. The molecule has 1 fully saturated rings. The largest absolute Gasteiger partial charge is 0.310 e. The summed E-state index contributed by atoms with van der Waals surface area (Å²) in [7, 11) is 0. The Labute approximate surface area is 134 Å². The van der Waals surface area contributed by atoms with Gasteiger partial charge in [0.2, 0.25) is 5.91 Å². The van der Waals surface area contributed by atoms with Crippen LogP contribution in [0.15, 0.2) is 48.9 Å². The summed E-state index contributed by atoms with van der Waals surface area (Å²) in [5, 5.41) is 3.12. The van der Waals surface area contributed by atoms with E-state index in [4.69, 9.17) is 0 Å². The normalized spacial score (nSPS) is 15.1. The molecule has 0 radical (unpaired) electrons. The van der Waals surface area contributed by atoms with Crippen LogP contribution in [0.2, 0.25) is 0 Å². The predicted molar refractivity (Wildman–Crippen MR) is 89.0 cm³/mol. The van der Waals surface area contributed by atoms with Crippen LogP contribution in [0.3, 0.4) is 0 Å². The van der Waals surface area contributed by atoms with Gasteiger partial charge >= 0.3 is 0 Å². The quantitative estimate of drug-likeness (QED) is 0.805. The lowest BCUT2D eigenvalue weighted by Crippen LogP contribution is -2.21. The molecule has 0 unspecified atom stereocenters. The van der Waals surface area contributed by atoms with E-state index in [-0.39, 0.29) is 11.8 Å². The highest BCUT2D eigenvalue weighted by Crippen LogP contribution is 2.31. The van der Waals surface area contributed by atoms with E-state index in [1.807, 2.05) is 40.9 Å². The smallest absolute Gasteiger partial charge is 0.228 e. The number of fused-ring (bicyclic) bond motifs is 1. The molecule has 1 aliphatic rings. The van der Waals surface area contributed by atoms with Crippen molar-refractivity contribution in [1.82, 2.24) is 14.4 Å². The van der Waals surface area contributed by atoms with Gasteiger partial charge in [0.15, 0.2) is 0 Å². The summed E-state index contributed by atoms with van der Waals surface area (Å²) in [6.45, 7) is 0. The molecule has 3 aromatic heterocycles. The van der Waals surface area contributed by atoms with Crippen LogP contribution in [-0.4, -0.2) is 20.3 Å². The predicted octanol–water partition coefficient (Wildman–Crippen LogP) is 3.53. The minimum Gasteiger partial charge on any atom is -0.310 e. The lowest BCUT2D eigenvalue weighted by molar-refractivity contribution is -0.119. The highest BCUT2D eigenvalue weighted by Gasteiger charge is 2.25. The van der Waals surface area contributed by atoms with Gasteiger partial charge in [0.1, 0.15) is 17.2 Å². The number of aromatic nitrogens is 3. The number of imidazole rings is 1. The second-order valence-electron chi connectivity index (χ2n) is 5.94. The van der Waals surface area contributed by atoms with Crippen molar-refractivity contribution in [2.24, 2.45) is 5.92 Å². The molecule has 1 amide bonds. The van der Waals surface area contributed by atoms with E-state index in [9.17, 15) is 4.79 Å². The van der Waals surface area contributed by atoms with Crippen molar-refractivity contribution in [1.29, 1.82) is 0 Å². The summed E-state index contributed by atoms with van der Waals surface area (Å²) in [4.78, 5) is 21.3. The van der Waals surface area contributed by atoms with Crippen LogP contribution < -0.4 is 5.32 Å². The Hall–Kier alpha value is -2.69. The lowest BCUT2D eigenvalue weighted by atomic mass is 10.1. The number of hydrogen-bond acceptors (Lipinski definition) is 3. The average Bonchev–Trinajstić information content (AvgIpc) is 3.24. The van der Waals surface area contributed by atoms with E-state index in [1.54, 1.807) is 12.4 Å². The molecule has 1 aliphatic carbocycles. The molecule has 5 nitrogen and oxygen atoms in total. The van der Waals surface area contributed by atoms with Gasteiger partial charge in [0.05, 0.1) is 0 Å². The van der Waals surface area contributed by atoms with Gasteiger partial charge in [-0.05, 0) is 37.1 Å². The summed E-state index contributed by atoms with van der Waals surface area (Å²) in [5.41, 5.74) is 2.55. The van der Waals surface area contributed by atoms with Crippen LogP contribution in [0.1, 0.15) is 25.7 Å². The first-order valence-corrected chi connectivity index (χ1v) is 8.01. The maximum absolute atomic E-state index is 12.6. The Kier molecular flexibility index (Phi) is 3.54. The molecule has 23 heavy (non-hydrogen) atoms. The first kappa shape index (κ1) is 13.9. The van der Waals surface area contributed by atoms with Gasteiger partial charge in [-0.25, -0.2) is 4.98 Å². The molecular weight excluding hydrogens is 288 g/mol. The van der Waals surface area contributed by atoms with Crippen molar-refractivity contribution in [2.45, 2.75) is 25.7 Å². The van der Waals surface area contributed by atoms with Crippen LogP contribution in [0, 0.1) is 5.92 Å². The molecular formula is C18H18N4O. The van der Waals surface area contributed by atoms with E-state index in [0.717, 1.165) is 48.4 Å². The van der Waals surface area contributed by atoms with Crippen LogP contribution >= 0.6 is 0 Å². The number of nitrogens with zero attached hydrogens (tertiary/aromatic N) is 3. The molecule has 3 aromatic rings. The van der Waals surface area contributed by atoms with Crippen LogP contribution in [0.4, 0.5) is 5.82 Å². The summed E-state index contributed by atoms with van der Waals surface area (Å²) >= 11 is 0. The van der Waals surface area contributed by atoms with Crippen molar-refractivity contribution in [3.63, 3.8) is 0 Å². The molecule has 5 heteroatoms. The number of pyridine rings is 2. The Balaban J connectivity index is 1.78. The molecule has 0 spiro atoms. The van der Waals surface area contributed by atoms with Crippen LogP contribution in [0.5, 0.6) is 0 Å². The number of carbonyl (C=O) groups excluding carboxylic acids is 1. The third-order valence-electron chi connectivity index (χ3n) is 4.45. The topological polar surface area (TPSA) is 59.3 Å². The molecule has 0 aliphatic heterocycles. The Morgan fingerprint density at radius 3 is 2.70 bits per heavy atom. The zero-order valence-electron chi connectivity index (χ0n) is 12.8. The fourth-order valence-electron chi connectivity index (χ4n) is 3.23. The molecule has 1 N–H and O–H groups in total. The van der Waals surface area contributed by atoms with E-state index < -0.39 is 0 Å². The number of amides is 1. The minimum atomic E-state index is 0.100. The molecule has 4 rings (SSSR count). The lowest BCUT2D eigenvalue weighted by Gasteiger charge is -2.11. The molecule has 0 aromatic carbocycles. The van der Waals surface area contributed by atoms with Gasteiger partial charge in [-0.1, -0.05) is 18.9 Å². The molecule has 1 saturated carbocycles. The zero-order valence-corrected chi connectivity index (χ0v) is 12.8. The summed E-state index contributed by atoms with van der Waals surface area (Å²) < 4.78 is 1.93. The first-order valence-electron chi connectivity index (χ1n) is 8.01. The Morgan fingerprint density at radius 2 is 1.91 bits per heavy atom. The summed E-state index contributed by atoms with van der Waals surface area (Å²) in [5.74, 6) is 0.960. The van der Waals surface area contributed by atoms with E-state index in [0.29, 0.717) is 0 Å². The molecule has 0 atom stereocenters. The second kappa shape index (κ2) is 5.83. The fraction of sp³-hybridized carbons (Fsp3) is 0.278. The third kappa shape index (κ3) is 2.59. The number of rotatable bonds is 3. The zero-order chi connectivity index (χ0) is 15.6. The molecule has 0 saturated heterocycles. The fourth-order valence-corrected chi connectivity index (χ4v) is 3.23. The van der Waals surface area contributed by atoms with Gasteiger partial charge in [0, 0.05) is 30.1 Å². The number of nitrogens with one attached hydrogen (secondary N) is 1. The third-order valence-corrected chi connectivity index (χ3v) is 4.45. The average molecular weight is 306 g/mol. The summed E-state index contributed by atoms with van der Waals surface area (Å²) in [6.07, 6.45) is 9.65. The second-order valence-corrected chi connectivity index (χ2v) is 5.94. The first-order chi connectivity index (χ1) is 11.3. The minimum absolute atomic E-state index is 0.100. The number of hydrogen-bond donors (Lipinski definition) is 1. The monoisotopic (exact) mass is 306 g/mol. The number of anilines is 1. The molecule has 0 bridgehead atoms. The molecule has 3 heterocycles. The van der Waals surface area contributed by atoms with E-state index in [1.165, 1.54) is 0 Å². The highest BCUT2D eigenvalue weighted by atomic mass is 16.2. The van der Waals surface area contributed by atoms with E-state index in [2.05, 4.69) is 15.3 Å². The van der Waals surface area contributed by atoms with Crippen molar-refractivity contribution in [3.8, 4) is 11.3 Å². The SMILES string of the molecule is O=C(Nc1c(-c2ccncc2)nc2ccccn12)C1CCCC1. The highest BCUT2D eigenvalue weighted by molar-refractivity contribution is 5.96. The molecule has 116 valence electrons. The standard InChI is InChI=1S/C18H18N4O/c23-18(14-5-1-2-6-14)21-17-16(13-8-10-19-11-9-13)20-15-7-3-4-12-22(15)17/h3-4,7-12,14H,1-2,5-6H2,(H,21,23). The van der Waals surface area contributed by atoms with Crippen molar-refractivity contribution in [3.05, 3.63) is 48.9 Å². The van der Waals surface area contributed by atoms with E-state index >= 15 is 0 Å². The van der Waals surface area contributed by atoms with Crippen LogP contribution in [-0.2, 0) is 4.79 Å². The van der Waals surface area contributed by atoms with Gasteiger partial charge in [0.25, 0.3) is 0 Å². The van der Waals surface area contributed by atoms with Gasteiger partial charge in [-0.15, -0.1) is 0 Å². The van der Waals surface area contributed by atoms with Crippen molar-refractivity contribution < 1.29 is 4.79 Å². The Morgan fingerprint density at radius 1 is 1.13 bits per heavy atom. The maximum Gasteiger partial charge on any atom is 0.228 e. The van der Waals surface area contributed by atoms with Crippen molar-refractivity contribution in [2.75, 3.05) is 5.32 Å². The van der Waals surface area contributed by atoms with Crippen molar-refractivity contribution >= 4 is 17.4 Å². The van der Waals surface area contributed by atoms with Gasteiger partial charge in [-0.3, -0.25) is 14.2 Å². The number of carbonyl (C=O) groups is 1. The van der Waals surface area contributed by atoms with Crippen LogP contribution in [0.25, 0.3) is 16.9 Å². The van der Waals surface area contributed by atoms with Gasteiger partial charge in [-0.2, -0.15) is 0 Å². The van der Waals surface area contributed by atoms with Gasteiger partial charge < -0.3 is 5.32 Å². The maximum atomic E-state index is 12.6. The summed E-state index contributed by atoms with van der Waals surface area (Å²) in [6, 6.07) is 9.65.